The number of halogens is 2. The average Bonchev–Trinajstić information content (AvgIpc) is 2.44. The van der Waals surface area contributed by atoms with Crippen molar-refractivity contribution >= 4 is 41.0 Å². The van der Waals surface area contributed by atoms with Crippen LogP contribution in [0.15, 0.2) is 28.2 Å². The summed E-state index contributed by atoms with van der Waals surface area (Å²) in [5.41, 5.74) is 0.342. The first-order valence-electron chi connectivity index (χ1n) is 6.22. The van der Waals surface area contributed by atoms with E-state index < -0.39 is 0 Å². The molecule has 1 aromatic carbocycles. The van der Waals surface area contributed by atoms with E-state index in [0.717, 1.165) is 6.42 Å². The van der Waals surface area contributed by atoms with E-state index in [1.807, 2.05) is 0 Å². The highest BCUT2D eigenvalue weighted by atomic mass is 35.5. The van der Waals surface area contributed by atoms with Gasteiger partial charge in [0.25, 0.3) is 0 Å². The highest BCUT2D eigenvalue weighted by Gasteiger charge is 1.97. The van der Waals surface area contributed by atoms with Crippen molar-refractivity contribution in [2.45, 2.75) is 32.6 Å². The van der Waals surface area contributed by atoms with Crippen LogP contribution in [0.5, 0.6) is 0 Å². The highest BCUT2D eigenvalue weighted by Crippen LogP contribution is 2.27. The molecule has 0 atom stereocenters. The molecule has 0 radical (unpaired) electrons. The van der Waals surface area contributed by atoms with E-state index in [2.05, 4.69) is 16.9 Å². The first-order valence-corrected chi connectivity index (χ1v) is 6.97. The molecule has 0 spiro atoms. The predicted molar refractivity (Wildman–Crippen MR) is 81.4 cm³/mol. The van der Waals surface area contributed by atoms with E-state index in [-0.39, 0.29) is 0 Å². The molecule has 0 aromatic heterocycles. The summed E-state index contributed by atoms with van der Waals surface area (Å²) in [5.74, 6) is 0. The van der Waals surface area contributed by atoms with Gasteiger partial charge in [-0.25, -0.2) is 14.6 Å². The van der Waals surface area contributed by atoms with Crippen molar-refractivity contribution in [1.29, 1.82) is 0 Å². The lowest BCUT2D eigenvalue weighted by Crippen LogP contribution is -1.79. The van der Waals surface area contributed by atoms with Crippen LogP contribution in [0, 0.1) is 0 Å². The molecule has 0 N–H and O–H groups in total. The number of isocyanates is 2. The van der Waals surface area contributed by atoms with Crippen LogP contribution in [0.2, 0.25) is 10.0 Å². The lowest BCUT2D eigenvalue weighted by atomic mass is 10.2. The van der Waals surface area contributed by atoms with Crippen molar-refractivity contribution < 1.29 is 9.59 Å². The third kappa shape index (κ3) is 9.48. The molecule has 6 heteroatoms. The number of hydrogen-bond acceptors (Lipinski definition) is 4. The van der Waals surface area contributed by atoms with Gasteiger partial charge in [-0.15, -0.1) is 0 Å². The first kappa shape index (κ1) is 18.6. The van der Waals surface area contributed by atoms with Gasteiger partial charge in [-0.2, -0.15) is 4.99 Å². The molecule has 0 aliphatic heterocycles. The normalized spacial score (nSPS) is 8.75. The van der Waals surface area contributed by atoms with Crippen LogP contribution in [0.25, 0.3) is 0 Å². The van der Waals surface area contributed by atoms with Crippen LogP contribution >= 0.6 is 23.2 Å². The number of benzene rings is 1. The molecule has 1 aromatic rings. The Morgan fingerprint density at radius 2 is 1.85 bits per heavy atom. The molecule has 0 unspecified atom stereocenters. The number of hydrogen-bond donors (Lipinski definition) is 0. The molecule has 0 fully saturated rings. The summed E-state index contributed by atoms with van der Waals surface area (Å²) in [5, 5.41) is 0.876. The van der Waals surface area contributed by atoms with Gasteiger partial charge in [0.05, 0.1) is 17.3 Å². The fourth-order valence-electron chi connectivity index (χ4n) is 1.28. The van der Waals surface area contributed by atoms with Gasteiger partial charge in [0.2, 0.25) is 12.2 Å². The Balaban J connectivity index is 0.000000370. The van der Waals surface area contributed by atoms with Crippen molar-refractivity contribution in [2.24, 2.45) is 9.98 Å². The standard InChI is InChI=1S/C7H3Cl2NO.C7H13NO/c8-5-1-2-6(9)7(3-5)10-4-11;1-2-3-4-5-6-8-7-9/h1-3H;2-6H2,1H3. The smallest absolute Gasteiger partial charge is 0.211 e. The Labute approximate surface area is 128 Å². The van der Waals surface area contributed by atoms with Crippen molar-refractivity contribution in [3.63, 3.8) is 0 Å². The molecule has 20 heavy (non-hydrogen) atoms. The second kappa shape index (κ2) is 12.6. The molecule has 0 aliphatic rings. The van der Waals surface area contributed by atoms with E-state index in [1.54, 1.807) is 12.1 Å². The van der Waals surface area contributed by atoms with Crippen LogP contribution in [0.4, 0.5) is 5.69 Å². The predicted octanol–water partition coefficient (Wildman–Crippen LogP) is 4.86. The van der Waals surface area contributed by atoms with Gasteiger partial charge in [-0.05, 0) is 24.6 Å². The number of nitrogens with zero attached hydrogens (tertiary/aromatic N) is 2. The van der Waals surface area contributed by atoms with Crippen LogP contribution in [-0.4, -0.2) is 18.7 Å². The summed E-state index contributed by atoms with van der Waals surface area (Å²) in [6, 6.07) is 4.68. The van der Waals surface area contributed by atoms with Gasteiger partial charge < -0.3 is 0 Å². The van der Waals surface area contributed by atoms with Gasteiger partial charge in [-0.1, -0.05) is 49.4 Å². The summed E-state index contributed by atoms with van der Waals surface area (Å²) >= 11 is 11.2. The van der Waals surface area contributed by atoms with Crippen LogP contribution in [-0.2, 0) is 9.59 Å². The summed E-state index contributed by atoms with van der Waals surface area (Å²) in [4.78, 5) is 26.2. The van der Waals surface area contributed by atoms with E-state index >= 15 is 0 Å². The number of unbranched alkanes of at least 4 members (excludes halogenated alkanes) is 3. The molecule has 0 bridgehead atoms. The second-order valence-corrected chi connectivity index (χ2v) is 4.68. The van der Waals surface area contributed by atoms with Crippen molar-refractivity contribution in [1.82, 2.24) is 0 Å². The second-order valence-electron chi connectivity index (χ2n) is 3.83. The number of carbonyl (C=O) groups excluding carboxylic acids is 2. The Hall–Kier alpha value is -1.44. The molecule has 0 heterocycles. The molecule has 108 valence electrons. The van der Waals surface area contributed by atoms with Crippen molar-refractivity contribution in [3.05, 3.63) is 28.2 Å². The summed E-state index contributed by atoms with van der Waals surface area (Å²) in [7, 11) is 0. The zero-order valence-electron chi connectivity index (χ0n) is 11.2. The molecule has 1 rings (SSSR count). The quantitative estimate of drug-likeness (QED) is 0.427. The molecule has 0 saturated heterocycles. The maximum absolute atomic E-state index is 9.84. The first-order chi connectivity index (χ1) is 9.65. The fourth-order valence-corrected chi connectivity index (χ4v) is 1.61. The van der Waals surface area contributed by atoms with Crippen LogP contribution in [0.1, 0.15) is 32.6 Å². The van der Waals surface area contributed by atoms with Gasteiger partial charge in [-0.3, -0.25) is 0 Å². The minimum absolute atomic E-state index is 0.342. The minimum atomic E-state index is 0.342. The lowest BCUT2D eigenvalue weighted by Gasteiger charge is -1.94. The van der Waals surface area contributed by atoms with Gasteiger partial charge in [0.1, 0.15) is 0 Å². The highest BCUT2D eigenvalue weighted by molar-refractivity contribution is 6.35. The fraction of sp³-hybridized carbons (Fsp3) is 0.429. The van der Waals surface area contributed by atoms with Crippen LogP contribution < -0.4 is 0 Å². The lowest BCUT2D eigenvalue weighted by molar-refractivity contribution is 0.561. The topological polar surface area (TPSA) is 58.9 Å². The number of aliphatic imine (C=N–C) groups is 2. The Bertz CT molecular complexity index is 494. The van der Waals surface area contributed by atoms with Crippen LogP contribution in [0.3, 0.4) is 0 Å². The summed E-state index contributed by atoms with van der Waals surface area (Å²) in [6.07, 6.45) is 7.59. The zero-order valence-corrected chi connectivity index (χ0v) is 12.7. The number of rotatable bonds is 6. The maximum Gasteiger partial charge on any atom is 0.240 e. The minimum Gasteiger partial charge on any atom is -0.211 e. The Morgan fingerprint density at radius 3 is 2.45 bits per heavy atom. The zero-order chi connectivity index (χ0) is 15.2. The Kier molecular flexibility index (Phi) is 11.7. The Morgan fingerprint density at radius 1 is 1.10 bits per heavy atom. The van der Waals surface area contributed by atoms with E-state index in [0.29, 0.717) is 22.3 Å². The van der Waals surface area contributed by atoms with E-state index in [1.165, 1.54) is 37.5 Å². The molecule has 0 amide bonds. The van der Waals surface area contributed by atoms with E-state index in [4.69, 9.17) is 23.2 Å². The molecule has 4 nitrogen and oxygen atoms in total. The third-order valence-corrected chi connectivity index (χ3v) is 2.82. The summed E-state index contributed by atoms with van der Waals surface area (Å²) in [6.45, 7) is 2.81. The van der Waals surface area contributed by atoms with Crippen molar-refractivity contribution in [3.8, 4) is 0 Å². The van der Waals surface area contributed by atoms with Crippen molar-refractivity contribution in [2.75, 3.05) is 6.54 Å². The average molecular weight is 315 g/mol. The maximum atomic E-state index is 9.84. The molecule has 0 aliphatic carbocycles. The third-order valence-electron chi connectivity index (χ3n) is 2.26. The molecular formula is C14H16Cl2N2O2. The molecule has 0 saturated carbocycles. The monoisotopic (exact) mass is 314 g/mol. The largest absolute Gasteiger partial charge is 0.240 e. The van der Waals surface area contributed by atoms with E-state index in [9.17, 15) is 9.59 Å². The van der Waals surface area contributed by atoms with Gasteiger partial charge in [0.15, 0.2) is 0 Å². The summed E-state index contributed by atoms with van der Waals surface area (Å²) < 4.78 is 0. The van der Waals surface area contributed by atoms with Gasteiger partial charge >= 0.3 is 0 Å². The SMILES string of the molecule is CCCCCCN=C=O.O=C=Nc1cc(Cl)ccc1Cl. The molecular weight excluding hydrogens is 299 g/mol. The van der Waals surface area contributed by atoms with Gasteiger partial charge in [0, 0.05) is 5.02 Å².